The van der Waals surface area contributed by atoms with Crippen LogP contribution < -0.4 is 10.0 Å². The second-order valence-electron chi connectivity index (χ2n) is 8.04. The first-order valence-corrected chi connectivity index (χ1v) is 12.4. The van der Waals surface area contributed by atoms with Gasteiger partial charge in [-0.1, -0.05) is 66.2 Å². The maximum absolute atomic E-state index is 12.7. The van der Waals surface area contributed by atoms with E-state index in [1.807, 2.05) is 42.5 Å². The Balaban J connectivity index is 1.41. The normalized spacial score (nSPS) is 19.3. The number of ether oxygens (including phenoxy) is 1. The largest absolute Gasteiger partial charge is 0.468 e. The van der Waals surface area contributed by atoms with E-state index in [-0.39, 0.29) is 17.4 Å². The van der Waals surface area contributed by atoms with Crippen molar-refractivity contribution in [2.45, 2.75) is 22.8 Å². The van der Waals surface area contributed by atoms with Crippen LogP contribution >= 0.6 is 11.6 Å². The van der Waals surface area contributed by atoms with E-state index in [2.05, 4.69) is 10.0 Å². The van der Waals surface area contributed by atoms with Crippen molar-refractivity contribution in [2.75, 3.05) is 13.7 Å². The average molecular weight is 499 g/mol. The number of halogens is 1. The fourth-order valence-electron chi connectivity index (χ4n) is 3.98. The summed E-state index contributed by atoms with van der Waals surface area (Å²) in [5, 5.41) is 3.52. The zero-order valence-electron chi connectivity index (χ0n) is 18.3. The summed E-state index contributed by atoms with van der Waals surface area (Å²) in [5.74, 6) is -1.43. The van der Waals surface area contributed by atoms with Crippen molar-refractivity contribution in [1.29, 1.82) is 0 Å². The Labute approximate surface area is 203 Å². The summed E-state index contributed by atoms with van der Waals surface area (Å²) in [7, 11) is -2.80. The minimum Gasteiger partial charge on any atom is -0.468 e. The van der Waals surface area contributed by atoms with Gasteiger partial charge in [-0.05, 0) is 47.4 Å². The third kappa shape index (κ3) is 4.99. The monoisotopic (exact) mass is 498 g/mol. The fourth-order valence-corrected chi connectivity index (χ4v) is 5.09. The van der Waals surface area contributed by atoms with E-state index >= 15 is 0 Å². The smallest absolute Gasteiger partial charge is 0.326 e. The molecule has 4 rings (SSSR count). The van der Waals surface area contributed by atoms with Crippen LogP contribution in [-0.4, -0.2) is 39.5 Å². The SMILES string of the molecule is COC(=O)[C@@]1(NCC(=O)NS(=O)(=O)c2ccc(-c3ccc(Cl)cc3)cc2)C[C@H]1c1ccccc1. The van der Waals surface area contributed by atoms with E-state index in [0.29, 0.717) is 11.4 Å². The van der Waals surface area contributed by atoms with Gasteiger partial charge in [-0.15, -0.1) is 0 Å². The highest BCUT2D eigenvalue weighted by atomic mass is 35.5. The van der Waals surface area contributed by atoms with Gasteiger partial charge in [0.25, 0.3) is 10.0 Å². The molecule has 0 aromatic heterocycles. The van der Waals surface area contributed by atoms with Gasteiger partial charge in [0, 0.05) is 10.9 Å². The molecule has 0 radical (unpaired) electrons. The minimum atomic E-state index is -4.08. The Kier molecular flexibility index (Phi) is 6.74. The number of esters is 1. The predicted molar refractivity (Wildman–Crippen MR) is 129 cm³/mol. The summed E-state index contributed by atoms with van der Waals surface area (Å²) in [6.07, 6.45) is 0.454. The van der Waals surface area contributed by atoms with Crippen LogP contribution in [0.4, 0.5) is 0 Å². The predicted octanol–water partition coefficient (Wildman–Crippen LogP) is 3.50. The van der Waals surface area contributed by atoms with Gasteiger partial charge >= 0.3 is 5.97 Å². The van der Waals surface area contributed by atoms with Crippen LogP contribution in [0.1, 0.15) is 17.9 Å². The molecule has 176 valence electrons. The summed E-state index contributed by atoms with van der Waals surface area (Å²) >= 11 is 5.90. The van der Waals surface area contributed by atoms with Crippen LogP contribution in [0, 0.1) is 0 Å². The lowest BCUT2D eigenvalue weighted by Crippen LogP contribution is -2.47. The number of hydrogen-bond donors (Lipinski definition) is 2. The molecule has 1 amide bonds. The number of methoxy groups -OCH3 is 1. The second kappa shape index (κ2) is 9.58. The van der Waals surface area contributed by atoms with Crippen molar-refractivity contribution in [3.8, 4) is 11.1 Å². The number of benzene rings is 3. The van der Waals surface area contributed by atoms with E-state index in [1.165, 1.54) is 19.2 Å². The van der Waals surface area contributed by atoms with Crippen molar-refractivity contribution >= 4 is 33.5 Å². The first kappa shape index (κ1) is 23.9. The van der Waals surface area contributed by atoms with Gasteiger partial charge in [0.05, 0.1) is 18.6 Å². The van der Waals surface area contributed by atoms with Crippen molar-refractivity contribution in [3.63, 3.8) is 0 Å². The number of sulfonamides is 1. The van der Waals surface area contributed by atoms with Crippen LogP contribution in [0.3, 0.4) is 0 Å². The highest BCUT2D eigenvalue weighted by Gasteiger charge is 2.61. The molecule has 1 aliphatic rings. The molecule has 1 aliphatic carbocycles. The number of nitrogens with one attached hydrogen (secondary N) is 2. The Bertz CT molecular complexity index is 1300. The Morgan fingerprint density at radius 2 is 1.56 bits per heavy atom. The lowest BCUT2D eigenvalue weighted by atomic mass is 10.1. The molecule has 9 heteroatoms. The third-order valence-electron chi connectivity index (χ3n) is 5.87. The van der Waals surface area contributed by atoms with Crippen LogP contribution in [0.15, 0.2) is 83.8 Å². The molecule has 3 aromatic rings. The van der Waals surface area contributed by atoms with Gasteiger partial charge in [-0.2, -0.15) is 0 Å². The average Bonchev–Trinajstić information content (AvgIpc) is 3.59. The van der Waals surface area contributed by atoms with Crippen molar-refractivity contribution < 1.29 is 22.7 Å². The molecular formula is C25H23ClN2O5S. The Morgan fingerprint density at radius 3 is 2.15 bits per heavy atom. The van der Waals surface area contributed by atoms with E-state index < -0.39 is 27.4 Å². The summed E-state index contributed by atoms with van der Waals surface area (Å²) in [6.45, 7) is -0.361. The summed E-state index contributed by atoms with van der Waals surface area (Å²) in [4.78, 5) is 24.8. The maximum atomic E-state index is 12.7. The molecule has 0 saturated heterocycles. The lowest BCUT2D eigenvalue weighted by Gasteiger charge is -2.17. The second-order valence-corrected chi connectivity index (χ2v) is 10.2. The molecule has 3 aromatic carbocycles. The lowest BCUT2D eigenvalue weighted by molar-refractivity contribution is -0.144. The van der Waals surface area contributed by atoms with Crippen LogP contribution in [0.2, 0.25) is 5.02 Å². The van der Waals surface area contributed by atoms with Gasteiger partial charge in [-0.25, -0.2) is 13.1 Å². The molecule has 7 nitrogen and oxygen atoms in total. The quantitative estimate of drug-likeness (QED) is 0.461. The summed E-state index contributed by atoms with van der Waals surface area (Å²) in [5.41, 5.74) is 1.57. The first-order chi connectivity index (χ1) is 16.2. The standard InChI is InChI=1S/C25H23ClN2O5S/c1-33-24(30)25(15-22(25)19-5-3-2-4-6-19)27-16-23(29)28-34(31,32)21-13-9-18(10-14-21)17-7-11-20(26)12-8-17/h2-14,22,27H,15-16H2,1H3,(H,28,29)/t22-,25+/m0/s1. The van der Waals surface area contributed by atoms with E-state index in [1.54, 1.807) is 24.3 Å². The molecule has 0 unspecified atom stereocenters. The Morgan fingerprint density at radius 1 is 0.971 bits per heavy atom. The molecule has 2 atom stereocenters. The van der Waals surface area contributed by atoms with Crippen LogP contribution in [-0.2, 0) is 24.3 Å². The number of rotatable bonds is 8. The molecule has 0 spiro atoms. The molecule has 1 saturated carbocycles. The molecule has 0 aliphatic heterocycles. The minimum absolute atomic E-state index is 0.0465. The Hall–Kier alpha value is -3.20. The number of carbonyl (C=O) groups excluding carboxylic acids is 2. The highest BCUT2D eigenvalue weighted by Crippen LogP contribution is 2.52. The van der Waals surface area contributed by atoms with Gasteiger partial charge in [0.1, 0.15) is 5.54 Å². The first-order valence-electron chi connectivity index (χ1n) is 10.6. The van der Waals surface area contributed by atoms with E-state index in [4.69, 9.17) is 16.3 Å². The number of amides is 1. The van der Waals surface area contributed by atoms with Gasteiger partial charge < -0.3 is 4.74 Å². The van der Waals surface area contributed by atoms with Crippen LogP contribution in [0.5, 0.6) is 0 Å². The van der Waals surface area contributed by atoms with Gasteiger partial charge in [0.15, 0.2) is 0 Å². The van der Waals surface area contributed by atoms with Crippen molar-refractivity contribution in [2.24, 2.45) is 0 Å². The zero-order valence-corrected chi connectivity index (χ0v) is 19.9. The zero-order chi connectivity index (χ0) is 24.3. The molecule has 0 bridgehead atoms. The fraction of sp³-hybridized carbons (Fsp3) is 0.200. The molecular weight excluding hydrogens is 476 g/mol. The van der Waals surface area contributed by atoms with Crippen molar-refractivity contribution in [3.05, 3.63) is 89.4 Å². The molecule has 34 heavy (non-hydrogen) atoms. The highest BCUT2D eigenvalue weighted by molar-refractivity contribution is 7.90. The van der Waals surface area contributed by atoms with Crippen molar-refractivity contribution in [1.82, 2.24) is 10.0 Å². The topological polar surface area (TPSA) is 102 Å². The summed E-state index contributed by atoms with van der Waals surface area (Å²) in [6, 6.07) is 22.7. The van der Waals surface area contributed by atoms with Gasteiger partial charge in [-0.3, -0.25) is 14.9 Å². The number of hydrogen-bond acceptors (Lipinski definition) is 6. The number of carbonyl (C=O) groups is 2. The third-order valence-corrected chi connectivity index (χ3v) is 7.51. The van der Waals surface area contributed by atoms with E-state index in [9.17, 15) is 18.0 Å². The van der Waals surface area contributed by atoms with Gasteiger partial charge in [0.2, 0.25) is 5.91 Å². The molecule has 1 fully saturated rings. The summed E-state index contributed by atoms with van der Waals surface area (Å²) < 4.78 is 32.3. The van der Waals surface area contributed by atoms with E-state index in [0.717, 1.165) is 16.7 Å². The molecule has 0 heterocycles. The molecule has 2 N–H and O–H groups in total. The van der Waals surface area contributed by atoms with Crippen LogP contribution in [0.25, 0.3) is 11.1 Å². The maximum Gasteiger partial charge on any atom is 0.326 e.